The van der Waals surface area contributed by atoms with Crippen LogP contribution in [0, 0.1) is 5.82 Å². The summed E-state index contributed by atoms with van der Waals surface area (Å²) in [6, 6.07) is 11.1. The predicted molar refractivity (Wildman–Crippen MR) is 82.8 cm³/mol. The Morgan fingerprint density at radius 2 is 2.10 bits per heavy atom. The summed E-state index contributed by atoms with van der Waals surface area (Å²) in [5, 5.41) is 0. The zero-order valence-electron chi connectivity index (χ0n) is 11.1. The SMILES string of the molecule is Nc1cccc2c1CCN(Cc1cc(Br)ccc1F)C2. The zero-order valence-corrected chi connectivity index (χ0v) is 12.7. The third kappa shape index (κ3) is 2.72. The van der Waals surface area contributed by atoms with E-state index in [4.69, 9.17) is 5.73 Å². The van der Waals surface area contributed by atoms with Crippen molar-refractivity contribution < 1.29 is 4.39 Å². The van der Waals surface area contributed by atoms with Crippen LogP contribution in [0.3, 0.4) is 0 Å². The normalized spacial score (nSPS) is 15.1. The second-order valence-corrected chi connectivity index (χ2v) is 6.10. The average molecular weight is 335 g/mol. The number of halogens is 2. The first-order valence-electron chi connectivity index (χ1n) is 6.66. The summed E-state index contributed by atoms with van der Waals surface area (Å²) < 4.78 is 14.7. The smallest absolute Gasteiger partial charge is 0.127 e. The van der Waals surface area contributed by atoms with Gasteiger partial charge in [0.1, 0.15) is 5.82 Å². The van der Waals surface area contributed by atoms with Gasteiger partial charge in [0.25, 0.3) is 0 Å². The minimum absolute atomic E-state index is 0.147. The number of hydrogen-bond acceptors (Lipinski definition) is 2. The molecule has 1 aliphatic rings. The van der Waals surface area contributed by atoms with Gasteiger partial charge in [0.05, 0.1) is 0 Å². The van der Waals surface area contributed by atoms with E-state index >= 15 is 0 Å². The maximum atomic E-state index is 13.8. The number of nitrogens with two attached hydrogens (primary N) is 1. The first kappa shape index (κ1) is 13.6. The van der Waals surface area contributed by atoms with Crippen LogP contribution in [-0.4, -0.2) is 11.4 Å². The van der Waals surface area contributed by atoms with E-state index < -0.39 is 0 Å². The lowest BCUT2D eigenvalue weighted by molar-refractivity contribution is 0.242. The Morgan fingerprint density at radius 3 is 2.95 bits per heavy atom. The van der Waals surface area contributed by atoms with Crippen molar-refractivity contribution in [3.63, 3.8) is 0 Å². The van der Waals surface area contributed by atoms with E-state index in [1.54, 1.807) is 6.07 Å². The number of rotatable bonds is 2. The molecule has 3 rings (SSSR count). The molecule has 0 fully saturated rings. The van der Waals surface area contributed by atoms with Crippen LogP contribution in [0.1, 0.15) is 16.7 Å². The van der Waals surface area contributed by atoms with E-state index in [9.17, 15) is 4.39 Å². The monoisotopic (exact) mass is 334 g/mol. The van der Waals surface area contributed by atoms with Gasteiger partial charge in [0.2, 0.25) is 0 Å². The first-order valence-corrected chi connectivity index (χ1v) is 7.45. The summed E-state index contributed by atoms with van der Waals surface area (Å²) in [7, 11) is 0. The van der Waals surface area contributed by atoms with E-state index in [1.165, 1.54) is 17.2 Å². The topological polar surface area (TPSA) is 29.3 Å². The lowest BCUT2D eigenvalue weighted by Gasteiger charge is -2.29. The van der Waals surface area contributed by atoms with Crippen molar-refractivity contribution in [3.05, 3.63) is 63.4 Å². The van der Waals surface area contributed by atoms with E-state index in [2.05, 4.69) is 26.9 Å². The Morgan fingerprint density at radius 1 is 1.25 bits per heavy atom. The largest absolute Gasteiger partial charge is 0.398 e. The summed E-state index contributed by atoms with van der Waals surface area (Å²) in [5.74, 6) is -0.147. The van der Waals surface area contributed by atoms with Gasteiger partial charge in [0.15, 0.2) is 0 Å². The van der Waals surface area contributed by atoms with Crippen LogP contribution in [0.4, 0.5) is 10.1 Å². The fourth-order valence-corrected chi connectivity index (χ4v) is 3.15. The molecule has 0 aliphatic carbocycles. The highest BCUT2D eigenvalue weighted by molar-refractivity contribution is 9.10. The molecule has 1 heterocycles. The third-order valence-corrected chi connectivity index (χ3v) is 4.28. The number of nitrogen functional groups attached to an aromatic ring is 1. The zero-order chi connectivity index (χ0) is 14.1. The average Bonchev–Trinajstić information content (AvgIpc) is 2.43. The van der Waals surface area contributed by atoms with Crippen LogP contribution >= 0.6 is 15.9 Å². The van der Waals surface area contributed by atoms with Crippen LogP contribution in [0.5, 0.6) is 0 Å². The molecule has 2 nitrogen and oxygen atoms in total. The Balaban J connectivity index is 1.79. The van der Waals surface area contributed by atoms with E-state index in [0.29, 0.717) is 6.54 Å². The van der Waals surface area contributed by atoms with Crippen LogP contribution in [0.15, 0.2) is 40.9 Å². The quantitative estimate of drug-likeness (QED) is 0.848. The number of fused-ring (bicyclic) bond motifs is 1. The standard InChI is InChI=1S/C16H16BrFN2/c17-13-4-5-15(18)12(8-13)10-20-7-6-14-11(9-20)2-1-3-16(14)19/h1-5,8H,6-7,9-10,19H2. The predicted octanol–water partition coefficient (Wildman–Crippen LogP) is 3.73. The van der Waals surface area contributed by atoms with Crippen LogP contribution < -0.4 is 5.73 Å². The number of benzene rings is 2. The minimum Gasteiger partial charge on any atom is -0.398 e. The summed E-state index contributed by atoms with van der Waals surface area (Å²) in [4.78, 5) is 2.26. The molecule has 20 heavy (non-hydrogen) atoms. The van der Waals surface area contributed by atoms with Crippen LogP contribution in [-0.2, 0) is 19.5 Å². The molecule has 0 spiro atoms. The Bertz CT molecular complexity index is 642. The number of anilines is 1. The van der Waals surface area contributed by atoms with Crippen molar-refractivity contribution in [1.82, 2.24) is 4.90 Å². The molecule has 0 unspecified atom stereocenters. The molecule has 4 heteroatoms. The van der Waals surface area contributed by atoms with Crippen LogP contribution in [0.25, 0.3) is 0 Å². The molecule has 0 saturated carbocycles. The summed E-state index contributed by atoms with van der Waals surface area (Å²) in [5.41, 5.74) is 10.1. The maximum Gasteiger partial charge on any atom is 0.127 e. The molecule has 1 aliphatic heterocycles. The molecule has 0 amide bonds. The molecule has 2 N–H and O–H groups in total. The fraction of sp³-hybridized carbons (Fsp3) is 0.250. The Hall–Kier alpha value is -1.39. The maximum absolute atomic E-state index is 13.8. The van der Waals surface area contributed by atoms with Crippen molar-refractivity contribution in [2.75, 3.05) is 12.3 Å². The van der Waals surface area contributed by atoms with Crippen molar-refractivity contribution in [2.45, 2.75) is 19.5 Å². The van der Waals surface area contributed by atoms with Crippen LogP contribution in [0.2, 0.25) is 0 Å². The van der Waals surface area contributed by atoms with Crippen molar-refractivity contribution in [1.29, 1.82) is 0 Å². The lowest BCUT2D eigenvalue weighted by atomic mass is 9.97. The summed E-state index contributed by atoms with van der Waals surface area (Å²) in [6.45, 7) is 2.36. The van der Waals surface area contributed by atoms with Gasteiger partial charge in [-0.1, -0.05) is 28.1 Å². The van der Waals surface area contributed by atoms with Gasteiger partial charge in [0, 0.05) is 35.4 Å². The van der Waals surface area contributed by atoms with Gasteiger partial charge in [-0.3, -0.25) is 4.90 Å². The van der Waals surface area contributed by atoms with Crippen molar-refractivity contribution in [2.24, 2.45) is 0 Å². The molecule has 104 valence electrons. The highest BCUT2D eigenvalue weighted by atomic mass is 79.9. The van der Waals surface area contributed by atoms with Crippen molar-refractivity contribution in [3.8, 4) is 0 Å². The molecule has 0 aromatic heterocycles. The highest BCUT2D eigenvalue weighted by Gasteiger charge is 2.18. The lowest BCUT2D eigenvalue weighted by Crippen LogP contribution is -2.30. The van der Waals surface area contributed by atoms with E-state index in [0.717, 1.165) is 35.2 Å². The van der Waals surface area contributed by atoms with Gasteiger partial charge in [-0.15, -0.1) is 0 Å². The molecule has 0 atom stereocenters. The van der Waals surface area contributed by atoms with Crippen molar-refractivity contribution >= 4 is 21.6 Å². The van der Waals surface area contributed by atoms with Gasteiger partial charge >= 0.3 is 0 Å². The highest BCUT2D eigenvalue weighted by Crippen LogP contribution is 2.26. The second kappa shape index (κ2) is 5.54. The molecule has 0 bridgehead atoms. The van der Waals surface area contributed by atoms with E-state index in [-0.39, 0.29) is 5.82 Å². The number of hydrogen-bond donors (Lipinski definition) is 1. The molecule has 0 saturated heterocycles. The van der Waals surface area contributed by atoms with Gasteiger partial charge in [-0.25, -0.2) is 4.39 Å². The van der Waals surface area contributed by atoms with Gasteiger partial charge in [-0.2, -0.15) is 0 Å². The van der Waals surface area contributed by atoms with E-state index in [1.807, 2.05) is 18.2 Å². The molecular formula is C16H16BrFN2. The third-order valence-electron chi connectivity index (χ3n) is 3.78. The Labute approximate surface area is 126 Å². The fourth-order valence-electron chi connectivity index (χ4n) is 2.74. The van der Waals surface area contributed by atoms with Gasteiger partial charge < -0.3 is 5.73 Å². The van der Waals surface area contributed by atoms with Gasteiger partial charge in [-0.05, 0) is 41.8 Å². The molecule has 2 aromatic carbocycles. The first-order chi connectivity index (χ1) is 9.63. The minimum atomic E-state index is -0.147. The molecule has 0 radical (unpaired) electrons. The summed E-state index contributed by atoms with van der Waals surface area (Å²) in [6.07, 6.45) is 0.928. The second-order valence-electron chi connectivity index (χ2n) is 5.18. The Kier molecular flexibility index (Phi) is 3.76. The summed E-state index contributed by atoms with van der Waals surface area (Å²) >= 11 is 3.39. The molecular weight excluding hydrogens is 319 g/mol. The number of nitrogens with zero attached hydrogens (tertiary/aromatic N) is 1. The molecule has 2 aromatic rings.